The molecule has 0 aliphatic heterocycles. The maximum atomic E-state index is 10.6. The number of rotatable bonds is 3. The molecule has 9 heavy (non-hydrogen) atoms. The minimum atomic E-state index is 0. The molecule has 2 heteroatoms. The fourth-order valence-electron chi connectivity index (χ4n) is 0.576. The first-order valence-electron chi connectivity index (χ1n) is 3.17. The fourth-order valence-corrected chi connectivity index (χ4v) is 0.576. The summed E-state index contributed by atoms with van der Waals surface area (Å²) in [6, 6.07) is 0. The molecule has 0 aliphatic rings. The first-order valence-corrected chi connectivity index (χ1v) is 3.17. The van der Waals surface area contributed by atoms with Crippen molar-refractivity contribution in [1.29, 1.82) is 0 Å². The van der Waals surface area contributed by atoms with Crippen molar-refractivity contribution in [3.05, 3.63) is 11.8 Å². The van der Waals surface area contributed by atoms with E-state index in [9.17, 15) is 5.11 Å². The summed E-state index contributed by atoms with van der Waals surface area (Å²) in [5.41, 5.74) is 0. The van der Waals surface area contributed by atoms with Crippen molar-refractivity contribution in [3.8, 4) is 0 Å². The van der Waals surface area contributed by atoms with Gasteiger partial charge in [-0.05, 0) is 12.8 Å². The van der Waals surface area contributed by atoms with Crippen LogP contribution in [0.2, 0.25) is 0 Å². The summed E-state index contributed by atoms with van der Waals surface area (Å²) >= 11 is 0. The molecule has 0 spiro atoms. The zero-order valence-electron chi connectivity index (χ0n) is 6.61. The van der Waals surface area contributed by atoms with Crippen molar-refractivity contribution in [2.75, 3.05) is 0 Å². The quantitative estimate of drug-likeness (QED) is 0.326. The van der Waals surface area contributed by atoms with Gasteiger partial charge in [0.25, 0.3) is 0 Å². The van der Waals surface area contributed by atoms with Crippen LogP contribution in [0.4, 0.5) is 0 Å². The molecule has 0 saturated carbocycles. The maximum Gasteiger partial charge on any atom is 1.00 e. The van der Waals surface area contributed by atoms with Gasteiger partial charge in [0, 0.05) is 0 Å². The van der Waals surface area contributed by atoms with Crippen LogP contribution >= 0.6 is 0 Å². The smallest absolute Gasteiger partial charge is 0.876 e. The van der Waals surface area contributed by atoms with E-state index < -0.39 is 0 Å². The summed E-state index contributed by atoms with van der Waals surface area (Å²) in [5, 5.41) is 10.6. The molecule has 0 bridgehead atoms. The van der Waals surface area contributed by atoms with Crippen LogP contribution in [0.25, 0.3) is 0 Å². The van der Waals surface area contributed by atoms with Crippen LogP contribution < -0.4 is 24.0 Å². The Labute approximate surface area is 69.3 Å². The Kier molecular flexibility index (Phi) is 10.7. The standard InChI is InChI=1S/C7H14O.Li/c1-3-5-7(8)6-4-2;/h5,8H,3-4,6H2,1-2H3;/q;+1/p-1/b7-5+;. The Morgan fingerprint density at radius 2 is 2.00 bits per heavy atom. The van der Waals surface area contributed by atoms with Gasteiger partial charge < -0.3 is 5.11 Å². The van der Waals surface area contributed by atoms with Crippen LogP contribution in [0.3, 0.4) is 0 Å². The Balaban J connectivity index is 0. The first kappa shape index (κ1) is 11.9. The van der Waals surface area contributed by atoms with Crippen LogP contribution in [0.15, 0.2) is 11.8 Å². The minimum absolute atomic E-state index is 0. The molecule has 0 aromatic heterocycles. The second kappa shape index (κ2) is 8.14. The van der Waals surface area contributed by atoms with Crippen LogP contribution in [-0.4, -0.2) is 0 Å². The van der Waals surface area contributed by atoms with Gasteiger partial charge in [-0.25, -0.2) is 0 Å². The molecule has 0 unspecified atom stereocenters. The summed E-state index contributed by atoms with van der Waals surface area (Å²) in [6.45, 7) is 4.00. The van der Waals surface area contributed by atoms with Crippen molar-refractivity contribution >= 4 is 0 Å². The van der Waals surface area contributed by atoms with Crippen molar-refractivity contribution < 1.29 is 24.0 Å². The third-order valence-corrected chi connectivity index (χ3v) is 0.928. The molecule has 0 atom stereocenters. The monoisotopic (exact) mass is 120 g/mol. The van der Waals surface area contributed by atoms with E-state index >= 15 is 0 Å². The van der Waals surface area contributed by atoms with Gasteiger partial charge in [0.2, 0.25) is 0 Å². The normalized spacial score (nSPS) is 10.7. The first-order chi connectivity index (χ1) is 3.81. The summed E-state index contributed by atoms with van der Waals surface area (Å²) < 4.78 is 0. The zero-order chi connectivity index (χ0) is 6.41. The van der Waals surface area contributed by atoms with Gasteiger partial charge in [-0.1, -0.05) is 26.3 Å². The Morgan fingerprint density at radius 1 is 1.44 bits per heavy atom. The van der Waals surface area contributed by atoms with Gasteiger partial charge in [-0.15, -0.1) is 5.76 Å². The second-order valence-electron chi connectivity index (χ2n) is 1.83. The predicted molar refractivity (Wildman–Crippen MR) is 33.3 cm³/mol. The Morgan fingerprint density at radius 3 is 2.33 bits per heavy atom. The largest absolute Gasteiger partial charge is 1.00 e. The van der Waals surface area contributed by atoms with Gasteiger partial charge in [-0.2, -0.15) is 0 Å². The third kappa shape index (κ3) is 8.14. The van der Waals surface area contributed by atoms with Crippen LogP contribution in [0, 0.1) is 0 Å². The molecule has 0 N–H and O–H groups in total. The van der Waals surface area contributed by atoms with Gasteiger partial charge >= 0.3 is 18.9 Å². The molecule has 0 aromatic carbocycles. The average molecular weight is 120 g/mol. The molecule has 0 rings (SSSR count). The number of hydrogen-bond acceptors (Lipinski definition) is 1. The molecule has 0 aromatic rings. The summed E-state index contributed by atoms with van der Waals surface area (Å²) in [5.74, 6) is 0.287. The van der Waals surface area contributed by atoms with E-state index in [4.69, 9.17) is 0 Å². The van der Waals surface area contributed by atoms with Crippen molar-refractivity contribution in [2.24, 2.45) is 0 Å². The third-order valence-electron chi connectivity index (χ3n) is 0.928. The summed E-state index contributed by atoms with van der Waals surface area (Å²) in [6.07, 6.45) is 4.30. The molecule has 48 valence electrons. The van der Waals surface area contributed by atoms with Gasteiger partial charge in [0.05, 0.1) is 0 Å². The van der Waals surface area contributed by atoms with Gasteiger partial charge in [-0.3, -0.25) is 0 Å². The molecule has 0 heterocycles. The van der Waals surface area contributed by atoms with Gasteiger partial charge in [0.1, 0.15) is 0 Å². The Bertz CT molecular complexity index is 79.0. The predicted octanol–water partition coefficient (Wildman–Crippen LogP) is -1.56. The molecule has 0 aliphatic carbocycles. The van der Waals surface area contributed by atoms with E-state index in [1.807, 2.05) is 13.8 Å². The zero-order valence-corrected chi connectivity index (χ0v) is 6.61. The molecular weight excluding hydrogens is 107 g/mol. The molecule has 0 fully saturated rings. The van der Waals surface area contributed by atoms with E-state index in [0.717, 1.165) is 12.8 Å². The molecule has 0 saturated heterocycles. The molecule has 0 amide bonds. The molecular formula is C7H13LiO. The van der Waals surface area contributed by atoms with Crippen molar-refractivity contribution in [2.45, 2.75) is 33.1 Å². The van der Waals surface area contributed by atoms with E-state index in [1.165, 1.54) is 0 Å². The molecule has 1 nitrogen and oxygen atoms in total. The van der Waals surface area contributed by atoms with E-state index in [2.05, 4.69) is 0 Å². The van der Waals surface area contributed by atoms with Crippen molar-refractivity contribution in [1.82, 2.24) is 0 Å². The molecule has 0 radical (unpaired) electrons. The van der Waals surface area contributed by atoms with Crippen LogP contribution in [-0.2, 0) is 0 Å². The topological polar surface area (TPSA) is 23.1 Å². The summed E-state index contributed by atoms with van der Waals surface area (Å²) in [4.78, 5) is 0. The van der Waals surface area contributed by atoms with E-state index in [-0.39, 0.29) is 24.6 Å². The van der Waals surface area contributed by atoms with E-state index in [1.54, 1.807) is 6.08 Å². The average Bonchev–Trinajstić information content (AvgIpc) is 1.68. The van der Waals surface area contributed by atoms with Crippen LogP contribution in [0.1, 0.15) is 33.1 Å². The van der Waals surface area contributed by atoms with E-state index in [0.29, 0.717) is 6.42 Å². The second-order valence-corrected chi connectivity index (χ2v) is 1.83. The van der Waals surface area contributed by atoms with Crippen LogP contribution in [0.5, 0.6) is 0 Å². The summed E-state index contributed by atoms with van der Waals surface area (Å²) in [7, 11) is 0. The maximum absolute atomic E-state index is 10.6. The minimum Gasteiger partial charge on any atom is -0.876 e. The Hall–Kier alpha value is 0.137. The fraction of sp³-hybridized carbons (Fsp3) is 0.714. The number of allylic oxidation sites excluding steroid dienone is 2. The number of hydrogen-bond donors (Lipinski definition) is 0. The SMILES string of the molecule is CC/C=C(/[O-])CCC.[Li+]. The van der Waals surface area contributed by atoms with Gasteiger partial charge in [0.15, 0.2) is 0 Å². The van der Waals surface area contributed by atoms with Crippen molar-refractivity contribution in [3.63, 3.8) is 0 Å².